The van der Waals surface area contributed by atoms with Crippen molar-refractivity contribution in [1.29, 1.82) is 0 Å². The van der Waals surface area contributed by atoms with Crippen LogP contribution in [0.25, 0.3) is 0 Å². The Morgan fingerprint density at radius 1 is 1.13 bits per heavy atom. The molecule has 1 fully saturated rings. The van der Waals surface area contributed by atoms with Crippen molar-refractivity contribution in [1.82, 2.24) is 10.2 Å². The first-order valence-electron chi connectivity index (χ1n) is 10.3. The summed E-state index contributed by atoms with van der Waals surface area (Å²) in [4.78, 5) is 29.0. The van der Waals surface area contributed by atoms with Crippen LogP contribution < -0.4 is 19.7 Å². The van der Waals surface area contributed by atoms with Crippen LogP contribution in [0, 0.1) is 0 Å². The molecule has 2 aliphatic heterocycles. The van der Waals surface area contributed by atoms with E-state index in [9.17, 15) is 9.59 Å². The van der Waals surface area contributed by atoms with Crippen LogP contribution in [0.2, 0.25) is 0 Å². The van der Waals surface area contributed by atoms with Crippen LogP contribution in [0.1, 0.15) is 24.4 Å². The molecule has 0 radical (unpaired) electrons. The quantitative estimate of drug-likeness (QED) is 0.760. The maximum absolute atomic E-state index is 12.8. The molecule has 2 aromatic rings. The molecule has 0 saturated carbocycles. The van der Waals surface area contributed by atoms with Crippen molar-refractivity contribution in [3.05, 3.63) is 54.1 Å². The maximum atomic E-state index is 12.8. The fraction of sp³-hybridized carbons (Fsp3) is 0.391. The van der Waals surface area contributed by atoms with Crippen molar-refractivity contribution >= 4 is 17.5 Å². The van der Waals surface area contributed by atoms with E-state index in [1.165, 1.54) is 4.90 Å². The smallest absolute Gasteiger partial charge is 0.265 e. The Labute approximate surface area is 176 Å². The minimum absolute atomic E-state index is 0.0280. The van der Waals surface area contributed by atoms with E-state index in [1.54, 1.807) is 19.2 Å². The summed E-state index contributed by atoms with van der Waals surface area (Å²) in [7, 11) is 1.67. The predicted molar refractivity (Wildman–Crippen MR) is 114 cm³/mol. The van der Waals surface area contributed by atoms with Crippen LogP contribution in [-0.2, 0) is 9.59 Å². The van der Waals surface area contributed by atoms with Gasteiger partial charge in [-0.05, 0) is 44.1 Å². The highest BCUT2D eigenvalue weighted by molar-refractivity contribution is 6.02. The number of benzene rings is 2. The lowest BCUT2D eigenvalue weighted by atomic mass is 10.0. The summed E-state index contributed by atoms with van der Waals surface area (Å²) in [5.41, 5.74) is 1.69. The van der Waals surface area contributed by atoms with E-state index in [0.29, 0.717) is 18.0 Å². The molecule has 1 saturated heterocycles. The molecule has 2 aromatic carbocycles. The molecule has 0 spiro atoms. The molecule has 30 heavy (non-hydrogen) atoms. The maximum Gasteiger partial charge on any atom is 0.265 e. The van der Waals surface area contributed by atoms with E-state index in [1.807, 2.05) is 30.3 Å². The van der Waals surface area contributed by atoms with Gasteiger partial charge in [0.2, 0.25) is 5.91 Å². The van der Waals surface area contributed by atoms with E-state index in [0.717, 1.165) is 37.2 Å². The zero-order chi connectivity index (χ0) is 20.9. The van der Waals surface area contributed by atoms with Crippen molar-refractivity contribution in [2.45, 2.75) is 18.9 Å². The molecule has 2 amide bonds. The van der Waals surface area contributed by atoms with Gasteiger partial charge in [0.15, 0.2) is 6.61 Å². The standard InChI is InChI=1S/C23H27N3O4/c1-29-20-10-4-2-8-17(20)19(25-12-6-7-13-25)14-24-22(27)15-26-18-9-3-5-11-21(18)30-16-23(26)28/h2-5,8-11,19H,6-7,12-16H2,1H3,(H,24,27). The Morgan fingerprint density at radius 3 is 2.67 bits per heavy atom. The molecule has 1 unspecified atom stereocenters. The summed E-state index contributed by atoms with van der Waals surface area (Å²) in [6.45, 7) is 2.36. The van der Waals surface area contributed by atoms with Gasteiger partial charge in [0.05, 0.1) is 18.8 Å². The Bertz CT molecular complexity index is 911. The minimum atomic E-state index is -0.218. The highest BCUT2D eigenvalue weighted by Gasteiger charge is 2.29. The lowest BCUT2D eigenvalue weighted by Crippen LogP contribution is -2.46. The number of likely N-dealkylation sites (tertiary alicyclic amines) is 1. The molecule has 0 bridgehead atoms. The van der Waals surface area contributed by atoms with Gasteiger partial charge in [0, 0.05) is 12.1 Å². The third kappa shape index (κ3) is 4.26. The third-order valence-electron chi connectivity index (χ3n) is 5.68. The molecule has 2 aliphatic rings. The Kier molecular flexibility index (Phi) is 6.18. The number of hydrogen-bond donors (Lipinski definition) is 1. The van der Waals surface area contributed by atoms with Gasteiger partial charge in [-0.3, -0.25) is 19.4 Å². The van der Waals surface area contributed by atoms with Crippen molar-refractivity contribution in [2.75, 3.05) is 44.8 Å². The van der Waals surface area contributed by atoms with Gasteiger partial charge < -0.3 is 14.8 Å². The zero-order valence-corrected chi connectivity index (χ0v) is 17.2. The number of nitrogens with zero attached hydrogens (tertiary/aromatic N) is 2. The topological polar surface area (TPSA) is 71.1 Å². The zero-order valence-electron chi connectivity index (χ0n) is 17.2. The first-order valence-corrected chi connectivity index (χ1v) is 10.3. The lowest BCUT2D eigenvalue weighted by molar-refractivity contribution is -0.125. The Balaban J connectivity index is 1.46. The van der Waals surface area contributed by atoms with Crippen LogP contribution in [-0.4, -0.2) is 56.6 Å². The number of para-hydroxylation sites is 3. The van der Waals surface area contributed by atoms with Gasteiger partial charge in [-0.2, -0.15) is 0 Å². The third-order valence-corrected chi connectivity index (χ3v) is 5.68. The lowest BCUT2D eigenvalue weighted by Gasteiger charge is -2.31. The molecule has 0 aromatic heterocycles. The Morgan fingerprint density at radius 2 is 1.87 bits per heavy atom. The summed E-state index contributed by atoms with van der Waals surface area (Å²) in [5, 5.41) is 3.04. The fourth-order valence-corrected chi connectivity index (χ4v) is 4.17. The number of carbonyl (C=O) groups is 2. The van der Waals surface area contributed by atoms with E-state index in [-0.39, 0.29) is 31.0 Å². The summed E-state index contributed by atoms with van der Waals surface area (Å²) in [6.07, 6.45) is 2.30. The number of fused-ring (bicyclic) bond motifs is 1. The SMILES string of the molecule is COc1ccccc1C(CNC(=O)CN1C(=O)COc2ccccc21)N1CCCC1. The van der Waals surface area contributed by atoms with Gasteiger partial charge >= 0.3 is 0 Å². The van der Waals surface area contributed by atoms with Crippen molar-refractivity contribution in [3.8, 4) is 11.5 Å². The monoisotopic (exact) mass is 409 g/mol. The van der Waals surface area contributed by atoms with E-state index < -0.39 is 0 Å². The summed E-state index contributed by atoms with van der Waals surface area (Å²) < 4.78 is 11.0. The summed E-state index contributed by atoms with van der Waals surface area (Å²) >= 11 is 0. The molecule has 1 N–H and O–H groups in total. The average molecular weight is 409 g/mol. The second kappa shape index (κ2) is 9.17. The second-order valence-corrected chi connectivity index (χ2v) is 7.54. The van der Waals surface area contributed by atoms with Crippen molar-refractivity contribution in [3.63, 3.8) is 0 Å². The number of hydrogen-bond acceptors (Lipinski definition) is 5. The van der Waals surface area contributed by atoms with Crippen LogP contribution in [0.3, 0.4) is 0 Å². The molecule has 7 nitrogen and oxygen atoms in total. The highest BCUT2D eigenvalue weighted by atomic mass is 16.5. The van der Waals surface area contributed by atoms with Crippen LogP contribution in [0.15, 0.2) is 48.5 Å². The van der Waals surface area contributed by atoms with E-state index in [2.05, 4.69) is 16.3 Å². The molecular formula is C23H27N3O4. The fourth-order valence-electron chi connectivity index (χ4n) is 4.17. The molecule has 4 rings (SSSR count). The number of amides is 2. The summed E-state index contributed by atoms with van der Waals surface area (Å²) in [5.74, 6) is 1.03. The van der Waals surface area contributed by atoms with Gasteiger partial charge in [-0.1, -0.05) is 30.3 Å². The number of nitrogens with one attached hydrogen (secondary N) is 1. The molecule has 7 heteroatoms. The molecular weight excluding hydrogens is 382 g/mol. The van der Waals surface area contributed by atoms with Crippen LogP contribution >= 0.6 is 0 Å². The molecule has 158 valence electrons. The van der Waals surface area contributed by atoms with Crippen LogP contribution in [0.4, 0.5) is 5.69 Å². The largest absolute Gasteiger partial charge is 0.496 e. The number of ether oxygens (including phenoxy) is 2. The van der Waals surface area contributed by atoms with Crippen molar-refractivity contribution in [2.24, 2.45) is 0 Å². The van der Waals surface area contributed by atoms with Gasteiger partial charge in [-0.25, -0.2) is 0 Å². The van der Waals surface area contributed by atoms with E-state index in [4.69, 9.17) is 9.47 Å². The number of rotatable bonds is 7. The second-order valence-electron chi connectivity index (χ2n) is 7.54. The number of carbonyl (C=O) groups excluding carboxylic acids is 2. The predicted octanol–water partition coefficient (Wildman–Crippen LogP) is 2.37. The molecule has 0 aliphatic carbocycles. The average Bonchev–Trinajstić information content (AvgIpc) is 3.31. The van der Waals surface area contributed by atoms with Crippen LogP contribution in [0.5, 0.6) is 11.5 Å². The van der Waals surface area contributed by atoms with Gasteiger partial charge in [0.25, 0.3) is 5.91 Å². The first-order chi connectivity index (χ1) is 14.7. The normalized spacial score (nSPS) is 17.2. The van der Waals surface area contributed by atoms with E-state index >= 15 is 0 Å². The molecule has 2 heterocycles. The number of methoxy groups -OCH3 is 1. The summed E-state index contributed by atoms with van der Waals surface area (Å²) in [6, 6.07) is 15.2. The first kappa shape index (κ1) is 20.2. The van der Waals surface area contributed by atoms with Gasteiger partial charge in [0.1, 0.15) is 18.0 Å². The molecule has 1 atom stereocenters. The van der Waals surface area contributed by atoms with Gasteiger partial charge in [-0.15, -0.1) is 0 Å². The Hall–Kier alpha value is -3.06. The number of anilines is 1. The van der Waals surface area contributed by atoms with Crippen molar-refractivity contribution < 1.29 is 19.1 Å². The minimum Gasteiger partial charge on any atom is -0.496 e. The highest BCUT2D eigenvalue weighted by Crippen LogP contribution is 2.32.